The Bertz CT molecular complexity index is 803. The molecule has 0 nitrogen and oxygen atoms in total. The molecule has 0 aromatic carbocycles. The van der Waals surface area contributed by atoms with E-state index < -0.39 is 41.7 Å². The maximum atomic E-state index is 4.93. The molecule has 6 rings (SSSR count). The summed E-state index contributed by atoms with van der Waals surface area (Å²) < 4.78 is 0. The first-order chi connectivity index (χ1) is 22.6. The molecule has 0 heterocycles. The van der Waals surface area contributed by atoms with Gasteiger partial charge in [0.2, 0.25) is 0 Å². The van der Waals surface area contributed by atoms with Crippen molar-refractivity contribution in [1.29, 1.82) is 0 Å². The quantitative estimate of drug-likeness (QED) is 0.151. The number of rotatable bonds is 10. The molecule has 6 aliphatic carbocycles. The molecule has 0 aromatic rings. The molecule has 0 amide bonds. The molecule has 4 saturated carbocycles. The monoisotopic (exact) mass is 924 g/mol. The van der Waals surface area contributed by atoms with E-state index in [1.165, 1.54) is 128 Å². The van der Waals surface area contributed by atoms with Crippen LogP contribution < -0.4 is 0 Å². The summed E-state index contributed by atoms with van der Waals surface area (Å²) in [5, 5.41) is 0. The standard InChI is InChI=1S/C22H28.2C9H18.4CH3.4ClH.2Zr/c1(7-17-13-15-19-9-3-5-11-21(17)19)2-8-18-14-16-20-10-4-6-12-22(18)20;2*1-2-3-6-9-7-4-5-8-9;;;;;;;;;;/h1-6,9-12,17-22H,7-8,13-16H2;2*9H,2-8H2,1H3;4*1H3;4*1H;;/q;;;4*-1;;;;;2*+4/p-4/b2-1+;;;;;;;;;;;;. The van der Waals surface area contributed by atoms with E-state index in [2.05, 4.69) is 74.6 Å². The second kappa shape index (κ2) is 37.5. The number of halogens is 4. The van der Waals surface area contributed by atoms with E-state index in [-0.39, 0.29) is 29.7 Å². The fourth-order valence-electron chi connectivity index (χ4n) is 8.81. The van der Waals surface area contributed by atoms with Crippen molar-refractivity contribution in [3.63, 3.8) is 0 Å². The second-order valence-electron chi connectivity index (χ2n) is 14.4. The Morgan fingerprint density at radius 3 is 1.14 bits per heavy atom. The number of hydrogen-bond donors (Lipinski definition) is 0. The molecular formula is C44H76Cl4Zr2. The summed E-state index contributed by atoms with van der Waals surface area (Å²) in [6.45, 7) is 4.57. The molecular weight excluding hydrogens is 853 g/mol. The molecule has 0 bridgehead atoms. The molecule has 0 saturated heterocycles. The van der Waals surface area contributed by atoms with Crippen LogP contribution in [0.25, 0.3) is 0 Å². The van der Waals surface area contributed by atoms with Crippen molar-refractivity contribution < 1.29 is 41.7 Å². The van der Waals surface area contributed by atoms with Gasteiger partial charge in [0, 0.05) is 0 Å². The van der Waals surface area contributed by atoms with Crippen molar-refractivity contribution in [1.82, 2.24) is 0 Å². The molecule has 0 spiro atoms. The summed E-state index contributed by atoms with van der Waals surface area (Å²) in [5.41, 5.74) is 0. The first-order valence-electron chi connectivity index (χ1n) is 18.9. The van der Waals surface area contributed by atoms with E-state index in [0.717, 1.165) is 47.3 Å². The zero-order valence-electron chi connectivity index (χ0n) is 33.0. The molecule has 4 fully saturated rings. The average Bonchev–Trinajstić information content (AvgIpc) is 3.91. The molecule has 288 valence electrons. The number of hydrogen-bond acceptors (Lipinski definition) is 0. The van der Waals surface area contributed by atoms with Crippen molar-refractivity contribution in [2.75, 3.05) is 0 Å². The average molecular weight is 929 g/mol. The van der Waals surface area contributed by atoms with Crippen LogP contribution in [0.4, 0.5) is 0 Å². The third-order valence-electron chi connectivity index (χ3n) is 11.4. The second-order valence-corrected chi connectivity index (χ2v) is 21.8. The Balaban J connectivity index is -0.000000666. The molecule has 0 aliphatic heterocycles. The molecule has 0 aromatic heterocycles. The van der Waals surface area contributed by atoms with E-state index in [0.29, 0.717) is 0 Å². The zero-order chi connectivity index (χ0) is 33.2. The molecule has 50 heavy (non-hydrogen) atoms. The zero-order valence-corrected chi connectivity index (χ0v) is 41.0. The topological polar surface area (TPSA) is 0 Å². The Labute approximate surface area is 352 Å². The van der Waals surface area contributed by atoms with Crippen LogP contribution in [0.1, 0.15) is 142 Å². The van der Waals surface area contributed by atoms with Gasteiger partial charge < -0.3 is 29.7 Å². The van der Waals surface area contributed by atoms with Gasteiger partial charge in [0.15, 0.2) is 0 Å². The van der Waals surface area contributed by atoms with Gasteiger partial charge in [-0.1, -0.05) is 164 Å². The Morgan fingerprint density at radius 1 is 0.500 bits per heavy atom. The molecule has 0 radical (unpaired) electrons. The van der Waals surface area contributed by atoms with Crippen LogP contribution >= 0.6 is 34.1 Å². The van der Waals surface area contributed by atoms with E-state index in [1.54, 1.807) is 0 Å². The normalized spacial score (nSPS) is 26.5. The van der Waals surface area contributed by atoms with E-state index in [9.17, 15) is 0 Å². The summed E-state index contributed by atoms with van der Waals surface area (Å²) in [6.07, 6.45) is 52.8. The third kappa shape index (κ3) is 23.5. The van der Waals surface area contributed by atoms with Gasteiger partial charge >= 0.3 is 75.7 Å². The molecule has 6 unspecified atom stereocenters. The number of unbranched alkanes of at least 4 members (excludes halogenated alkanes) is 2. The van der Waals surface area contributed by atoms with Gasteiger partial charge in [0.1, 0.15) is 0 Å². The molecule has 6 atom stereocenters. The molecule has 6 aliphatic rings. The Kier molecular flexibility index (Phi) is 42.0. The maximum absolute atomic E-state index is 4.93. The van der Waals surface area contributed by atoms with Crippen molar-refractivity contribution in [2.24, 2.45) is 47.3 Å². The SMILES string of the molecule is C1=CC2CCC(C/C=C/CC3CCC4C=CC=CC43)C2C=C1.CCCCC1CCCC1.CCCCC1CCCC1.[CH3-].[CH3-].[CH3-].[CH3-].[Cl][Zr+2][Cl].[Cl][Zr+2][Cl]. The summed E-state index contributed by atoms with van der Waals surface area (Å²) in [5.74, 6) is 7.30. The minimum absolute atomic E-state index is 0. The predicted molar refractivity (Wildman–Crippen MR) is 226 cm³/mol. The van der Waals surface area contributed by atoms with Crippen LogP contribution in [0.5, 0.6) is 0 Å². The Hall–Kier alpha value is 1.63. The van der Waals surface area contributed by atoms with E-state index >= 15 is 0 Å². The first kappa shape index (κ1) is 56.0. The predicted octanol–water partition coefficient (Wildman–Crippen LogP) is 17.1. The van der Waals surface area contributed by atoms with Gasteiger partial charge in [-0.05, 0) is 85.9 Å². The first-order valence-corrected chi connectivity index (χ1v) is 31.5. The number of fused-ring (bicyclic) bond motifs is 2. The van der Waals surface area contributed by atoms with Crippen LogP contribution in [-0.4, -0.2) is 0 Å². The van der Waals surface area contributed by atoms with Crippen LogP contribution in [0.2, 0.25) is 0 Å². The fourth-order valence-corrected chi connectivity index (χ4v) is 8.81. The van der Waals surface area contributed by atoms with Gasteiger partial charge in [-0.25, -0.2) is 0 Å². The van der Waals surface area contributed by atoms with Crippen molar-refractivity contribution >= 4 is 34.1 Å². The van der Waals surface area contributed by atoms with E-state index in [1.807, 2.05) is 0 Å². The van der Waals surface area contributed by atoms with Gasteiger partial charge in [-0.15, -0.1) is 0 Å². The Morgan fingerprint density at radius 2 is 0.820 bits per heavy atom. The summed E-state index contributed by atoms with van der Waals surface area (Å²) >= 11 is -1.65. The summed E-state index contributed by atoms with van der Waals surface area (Å²) in [7, 11) is 19.7. The summed E-state index contributed by atoms with van der Waals surface area (Å²) in [6, 6.07) is 0. The van der Waals surface area contributed by atoms with Gasteiger partial charge in [0.25, 0.3) is 0 Å². The van der Waals surface area contributed by atoms with Crippen LogP contribution in [0.3, 0.4) is 0 Å². The summed E-state index contributed by atoms with van der Waals surface area (Å²) in [4.78, 5) is 0. The minimum atomic E-state index is -0.826. The van der Waals surface area contributed by atoms with Gasteiger partial charge in [0.05, 0.1) is 0 Å². The van der Waals surface area contributed by atoms with Crippen LogP contribution in [0.15, 0.2) is 60.8 Å². The van der Waals surface area contributed by atoms with Crippen molar-refractivity contribution in [2.45, 2.75) is 142 Å². The number of allylic oxidation sites excluding steroid dienone is 10. The van der Waals surface area contributed by atoms with E-state index in [4.69, 9.17) is 34.1 Å². The fraction of sp³-hybridized carbons (Fsp3) is 0.682. The molecule has 0 N–H and O–H groups in total. The van der Waals surface area contributed by atoms with Crippen molar-refractivity contribution in [3.05, 3.63) is 90.5 Å². The van der Waals surface area contributed by atoms with Gasteiger partial charge in [-0.2, -0.15) is 0 Å². The van der Waals surface area contributed by atoms with Crippen LogP contribution in [0, 0.1) is 77.0 Å². The van der Waals surface area contributed by atoms with Crippen molar-refractivity contribution in [3.8, 4) is 0 Å². The van der Waals surface area contributed by atoms with Gasteiger partial charge in [-0.3, -0.25) is 0 Å². The van der Waals surface area contributed by atoms with Crippen LogP contribution in [-0.2, 0) is 41.7 Å². The molecule has 6 heteroatoms. The third-order valence-corrected chi connectivity index (χ3v) is 11.4.